The van der Waals surface area contributed by atoms with Crippen molar-refractivity contribution < 1.29 is 9.53 Å². The van der Waals surface area contributed by atoms with Gasteiger partial charge in [0.15, 0.2) is 0 Å². The van der Waals surface area contributed by atoms with Crippen LogP contribution in [0.5, 0.6) is 0 Å². The molecule has 2 rings (SSSR count). The van der Waals surface area contributed by atoms with Crippen molar-refractivity contribution in [2.24, 2.45) is 0 Å². The molecule has 1 amide bonds. The van der Waals surface area contributed by atoms with Crippen molar-refractivity contribution >= 4 is 5.91 Å². The lowest BCUT2D eigenvalue weighted by Crippen LogP contribution is -2.47. The van der Waals surface area contributed by atoms with Crippen LogP contribution in [0.1, 0.15) is 23.4 Å². The van der Waals surface area contributed by atoms with Gasteiger partial charge >= 0.3 is 0 Å². The summed E-state index contributed by atoms with van der Waals surface area (Å²) in [7, 11) is 0. The maximum absolute atomic E-state index is 11.7. The summed E-state index contributed by atoms with van der Waals surface area (Å²) in [6.45, 7) is 7.90. The van der Waals surface area contributed by atoms with Gasteiger partial charge in [-0.05, 0) is 13.5 Å². The van der Waals surface area contributed by atoms with Crippen LogP contribution in [-0.2, 0) is 4.74 Å². The highest BCUT2D eigenvalue weighted by Crippen LogP contribution is 2.03. The van der Waals surface area contributed by atoms with Gasteiger partial charge in [-0.1, -0.05) is 6.92 Å². The van der Waals surface area contributed by atoms with Gasteiger partial charge in [-0.25, -0.2) is 4.98 Å². The molecule has 2 N–H and O–H groups in total. The van der Waals surface area contributed by atoms with Gasteiger partial charge in [0, 0.05) is 19.6 Å². The van der Waals surface area contributed by atoms with Crippen LogP contribution in [0.2, 0.25) is 0 Å². The smallest absolute Gasteiger partial charge is 0.291 e. The first-order valence-corrected chi connectivity index (χ1v) is 6.20. The molecular weight excluding hydrogens is 234 g/mol. The Balaban J connectivity index is 1.79. The summed E-state index contributed by atoms with van der Waals surface area (Å²) in [5.74, 6) is 0.540. The molecule has 0 saturated carbocycles. The summed E-state index contributed by atoms with van der Waals surface area (Å²) >= 11 is 0. The second-order valence-corrected chi connectivity index (χ2v) is 4.34. The number of aromatic nitrogens is 3. The number of hydrogen-bond acceptors (Lipinski definition) is 5. The maximum atomic E-state index is 11.7. The summed E-state index contributed by atoms with van der Waals surface area (Å²) in [6, 6.07) is 0. The first-order chi connectivity index (χ1) is 8.69. The van der Waals surface area contributed by atoms with Crippen molar-refractivity contribution in [2.45, 2.75) is 20.0 Å². The second-order valence-electron chi connectivity index (χ2n) is 4.34. The van der Waals surface area contributed by atoms with Gasteiger partial charge in [0.25, 0.3) is 5.91 Å². The van der Waals surface area contributed by atoms with E-state index in [0.29, 0.717) is 19.0 Å². The van der Waals surface area contributed by atoms with Gasteiger partial charge in [0.1, 0.15) is 5.82 Å². The molecular formula is C11H19N5O2. The molecule has 1 fully saturated rings. The third-order valence-corrected chi connectivity index (χ3v) is 2.96. The maximum Gasteiger partial charge on any atom is 0.291 e. The van der Waals surface area contributed by atoms with Crippen LogP contribution in [0, 0.1) is 6.92 Å². The zero-order chi connectivity index (χ0) is 13.0. The molecule has 0 aliphatic carbocycles. The fraction of sp³-hybridized carbons (Fsp3) is 0.727. The molecule has 1 atom stereocenters. The van der Waals surface area contributed by atoms with E-state index in [9.17, 15) is 4.79 Å². The fourth-order valence-electron chi connectivity index (χ4n) is 1.92. The normalized spacial score (nSPS) is 20.9. The number of rotatable bonds is 4. The predicted octanol–water partition coefficient (Wildman–Crippen LogP) is -0.436. The van der Waals surface area contributed by atoms with E-state index in [0.717, 1.165) is 19.6 Å². The lowest BCUT2D eigenvalue weighted by Gasteiger charge is -2.31. The van der Waals surface area contributed by atoms with Gasteiger partial charge in [-0.2, -0.15) is 0 Å². The molecule has 100 valence electrons. The number of aryl methyl sites for hydroxylation is 1. The van der Waals surface area contributed by atoms with E-state index in [1.165, 1.54) is 0 Å². The van der Waals surface area contributed by atoms with Crippen LogP contribution in [0.15, 0.2) is 0 Å². The minimum absolute atomic E-state index is 0.0442. The first kappa shape index (κ1) is 13.0. The van der Waals surface area contributed by atoms with Crippen LogP contribution >= 0.6 is 0 Å². The van der Waals surface area contributed by atoms with E-state index < -0.39 is 0 Å². The van der Waals surface area contributed by atoms with Crippen LogP contribution in [-0.4, -0.2) is 64.9 Å². The molecule has 0 bridgehead atoms. The predicted molar refractivity (Wildman–Crippen MR) is 65.3 cm³/mol. The fourth-order valence-corrected chi connectivity index (χ4v) is 1.92. The van der Waals surface area contributed by atoms with E-state index in [4.69, 9.17) is 4.74 Å². The first-order valence-electron chi connectivity index (χ1n) is 6.20. The highest BCUT2D eigenvalue weighted by molar-refractivity contribution is 5.90. The Labute approximate surface area is 106 Å². The van der Waals surface area contributed by atoms with Crippen molar-refractivity contribution in [3.8, 4) is 0 Å². The van der Waals surface area contributed by atoms with Gasteiger partial charge < -0.3 is 10.1 Å². The number of hydrogen-bond donors (Lipinski definition) is 2. The molecule has 7 heteroatoms. The van der Waals surface area contributed by atoms with Gasteiger partial charge in [0.05, 0.1) is 12.7 Å². The zero-order valence-electron chi connectivity index (χ0n) is 10.8. The summed E-state index contributed by atoms with van der Waals surface area (Å²) < 4.78 is 5.60. The number of amides is 1. The largest absolute Gasteiger partial charge is 0.374 e. The number of ether oxygens (including phenoxy) is 1. The second kappa shape index (κ2) is 5.92. The SMILES string of the molecule is CCN1CCOC(CNC(=O)c2n[nH]c(C)n2)C1. The number of nitrogens with zero attached hydrogens (tertiary/aromatic N) is 3. The molecule has 2 heterocycles. The minimum atomic E-state index is -0.267. The molecule has 1 aliphatic rings. The average molecular weight is 253 g/mol. The lowest BCUT2D eigenvalue weighted by molar-refractivity contribution is -0.0246. The molecule has 1 saturated heterocycles. The Morgan fingerprint density at radius 2 is 2.50 bits per heavy atom. The number of morpholine rings is 1. The molecule has 1 aromatic heterocycles. The summed E-state index contributed by atoms with van der Waals surface area (Å²) in [5.41, 5.74) is 0. The molecule has 1 unspecified atom stereocenters. The highest BCUT2D eigenvalue weighted by atomic mass is 16.5. The van der Waals surface area contributed by atoms with Crippen molar-refractivity contribution in [1.82, 2.24) is 25.4 Å². The van der Waals surface area contributed by atoms with Crippen LogP contribution < -0.4 is 5.32 Å². The van der Waals surface area contributed by atoms with Gasteiger partial charge in [0.2, 0.25) is 5.82 Å². The molecule has 1 aliphatic heterocycles. The summed E-state index contributed by atoms with van der Waals surface area (Å²) in [4.78, 5) is 18.0. The molecule has 7 nitrogen and oxygen atoms in total. The average Bonchev–Trinajstić information content (AvgIpc) is 2.83. The summed E-state index contributed by atoms with van der Waals surface area (Å²) in [5, 5.41) is 9.24. The van der Waals surface area contributed by atoms with Crippen molar-refractivity contribution in [3.05, 3.63) is 11.6 Å². The standard InChI is InChI=1S/C11H19N5O2/c1-3-16-4-5-18-9(7-16)6-12-11(17)10-13-8(2)14-15-10/h9H,3-7H2,1-2H3,(H,12,17)(H,13,14,15). The van der Waals surface area contributed by atoms with Crippen molar-refractivity contribution in [1.29, 1.82) is 0 Å². The van der Waals surface area contributed by atoms with Crippen LogP contribution in [0.3, 0.4) is 0 Å². The van der Waals surface area contributed by atoms with Crippen molar-refractivity contribution in [3.63, 3.8) is 0 Å². The Hall–Kier alpha value is -1.47. The molecule has 0 spiro atoms. The molecule has 1 aromatic rings. The third-order valence-electron chi connectivity index (χ3n) is 2.96. The topological polar surface area (TPSA) is 83.1 Å². The minimum Gasteiger partial charge on any atom is -0.374 e. The third kappa shape index (κ3) is 3.27. The van der Waals surface area contributed by atoms with Crippen molar-refractivity contribution in [2.75, 3.05) is 32.8 Å². The van der Waals surface area contributed by atoms with E-state index in [1.54, 1.807) is 6.92 Å². The Kier molecular flexibility index (Phi) is 4.27. The molecule has 0 aromatic carbocycles. The number of nitrogens with one attached hydrogen (secondary N) is 2. The van der Waals surface area contributed by atoms with E-state index >= 15 is 0 Å². The quantitative estimate of drug-likeness (QED) is 0.760. The summed E-state index contributed by atoms with van der Waals surface area (Å²) in [6.07, 6.45) is 0.0442. The zero-order valence-corrected chi connectivity index (χ0v) is 10.8. The number of carbonyl (C=O) groups is 1. The van der Waals surface area contributed by atoms with Gasteiger partial charge in [-0.15, -0.1) is 5.10 Å². The lowest BCUT2D eigenvalue weighted by atomic mass is 10.2. The Morgan fingerprint density at radius 3 is 3.17 bits per heavy atom. The number of H-pyrrole nitrogens is 1. The van der Waals surface area contributed by atoms with E-state index in [2.05, 4.69) is 32.3 Å². The van der Waals surface area contributed by atoms with Gasteiger partial charge in [-0.3, -0.25) is 14.8 Å². The van der Waals surface area contributed by atoms with E-state index in [-0.39, 0.29) is 17.8 Å². The number of likely N-dealkylation sites (N-methyl/N-ethyl adjacent to an activating group) is 1. The molecule has 18 heavy (non-hydrogen) atoms. The van der Waals surface area contributed by atoms with Crippen LogP contribution in [0.4, 0.5) is 0 Å². The van der Waals surface area contributed by atoms with Crippen LogP contribution in [0.25, 0.3) is 0 Å². The molecule has 0 radical (unpaired) electrons. The highest BCUT2D eigenvalue weighted by Gasteiger charge is 2.20. The van der Waals surface area contributed by atoms with E-state index in [1.807, 2.05) is 0 Å². The monoisotopic (exact) mass is 253 g/mol. The Bertz CT molecular complexity index is 406. The number of carbonyl (C=O) groups excluding carboxylic acids is 1. The number of aromatic amines is 1. The Morgan fingerprint density at radius 1 is 1.67 bits per heavy atom.